The number of rotatable bonds is 10. The summed E-state index contributed by atoms with van der Waals surface area (Å²) in [5, 5.41) is 19.4. The average Bonchev–Trinajstić information content (AvgIpc) is 2.74. The van der Waals surface area contributed by atoms with Crippen LogP contribution in [0.2, 0.25) is 0 Å². The molecule has 28 heavy (non-hydrogen) atoms. The molecule has 1 fully saturated rings. The van der Waals surface area contributed by atoms with Crippen molar-refractivity contribution in [3.63, 3.8) is 0 Å². The Labute approximate surface area is 168 Å². The quantitative estimate of drug-likeness (QED) is 0.654. The molecule has 0 saturated carbocycles. The summed E-state index contributed by atoms with van der Waals surface area (Å²) in [7, 11) is 0. The monoisotopic (exact) mass is 384 g/mol. The molecule has 0 aliphatic carbocycles. The van der Waals surface area contributed by atoms with E-state index in [0.29, 0.717) is 19.8 Å². The molecule has 0 radical (unpaired) electrons. The lowest BCUT2D eigenvalue weighted by molar-refractivity contribution is 0.00429. The van der Waals surface area contributed by atoms with Gasteiger partial charge >= 0.3 is 0 Å². The lowest BCUT2D eigenvalue weighted by Crippen LogP contribution is -2.49. The summed E-state index contributed by atoms with van der Waals surface area (Å²) >= 11 is 0. The van der Waals surface area contributed by atoms with Crippen LogP contribution in [0, 0.1) is 0 Å². The summed E-state index contributed by atoms with van der Waals surface area (Å²) in [5.74, 6) is 0.164. The molecule has 1 aliphatic heterocycles. The highest BCUT2D eigenvalue weighted by atomic mass is 16.5. The molecule has 3 rings (SSSR count). The Hall–Kier alpha value is -1.76. The standard InChI is InChI=1S/C23H32N2O3/c26-16-15-24-11-13-25(14-12-24)17-22(27)18-28-19-23(20-7-3-1-4-8-20)21-9-5-2-6-10-21/h1-10,22-23,26-27H,11-19H2/t22-/m1/s1. The number of β-amino-alcohol motifs (C(OH)–C–C–N with tert-alkyl or cyclic N) is 2. The minimum absolute atomic E-state index is 0.164. The third-order valence-electron chi connectivity index (χ3n) is 5.35. The highest BCUT2D eigenvalue weighted by Crippen LogP contribution is 2.24. The molecular weight excluding hydrogens is 352 g/mol. The first-order chi connectivity index (χ1) is 13.8. The maximum atomic E-state index is 10.4. The van der Waals surface area contributed by atoms with Crippen molar-refractivity contribution < 1.29 is 14.9 Å². The number of aliphatic hydroxyl groups is 2. The SMILES string of the molecule is OCCN1CCN(C[C@@H](O)COCC(c2ccccc2)c2ccccc2)CC1. The average molecular weight is 385 g/mol. The summed E-state index contributed by atoms with van der Waals surface area (Å²) in [5.41, 5.74) is 2.45. The molecule has 5 nitrogen and oxygen atoms in total. The predicted octanol–water partition coefficient (Wildman–Crippen LogP) is 1.81. The van der Waals surface area contributed by atoms with Crippen molar-refractivity contribution in [2.45, 2.75) is 12.0 Å². The van der Waals surface area contributed by atoms with E-state index in [4.69, 9.17) is 9.84 Å². The van der Waals surface area contributed by atoms with Gasteiger partial charge in [0.05, 0.1) is 25.9 Å². The third kappa shape index (κ3) is 6.40. The Morgan fingerprint density at radius 2 is 1.32 bits per heavy atom. The maximum absolute atomic E-state index is 10.4. The van der Waals surface area contributed by atoms with Crippen LogP contribution in [-0.4, -0.2) is 85.2 Å². The molecule has 0 amide bonds. The normalized spacial score (nSPS) is 17.1. The Balaban J connectivity index is 1.46. The van der Waals surface area contributed by atoms with E-state index in [9.17, 15) is 5.11 Å². The molecule has 1 saturated heterocycles. The molecule has 0 bridgehead atoms. The van der Waals surface area contributed by atoms with E-state index >= 15 is 0 Å². The van der Waals surface area contributed by atoms with E-state index in [-0.39, 0.29) is 12.5 Å². The number of benzene rings is 2. The van der Waals surface area contributed by atoms with Gasteiger partial charge in [-0.15, -0.1) is 0 Å². The smallest absolute Gasteiger partial charge is 0.0900 e. The minimum Gasteiger partial charge on any atom is -0.395 e. The van der Waals surface area contributed by atoms with Crippen LogP contribution in [0.5, 0.6) is 0 Å². The predicted molar refractivity (Wildman–Crippen MR) is 112 cm³/mol. The fraction of sp³-hybridized carbons (Fsp3) is 0.478. The Morgan fingerprint density at radius 1 is 0.786 bits per heavy atom. The van der Waals surface area contributed by atoms with Crippen LogP contribution in [0.25, 0.3) is 0 Å². The van der Waals surface area contributed by atoms with Crippen LogP contribution in [0.3, 0.4) is 0 Å². The first-order valence-corrected chi connectivity index (χ1v) is 10.2. The van der Waals surface area contributed by atoms with Gasteiger partial charge in [-0.1, -0.05) is 60.7 Å². The number of nitrogens with zero attached hydrogens (tertiary/aromatic N) is 2. The fourth-order valence-electron chi connectivity index (χ4n) is 3.77. The molecule has 2 N–H and O–H groups in total. The van der Waals surface area contributed by atoms with Gasteiger partial charge in [-0.05, 0) is 11.1 Å². The number of hydrogen-bond acceptors (Lipinski definition) is 5. The zero-order chi connectivity index (χ0) is 19.6. The minimum atomic E-state index is -0.489. The molecular formula is C23H32N2O3. The molecule has 1 atom stereocenters. The van der Waals surface area contributed by atoms with Crippen LogP contribution >= 0.6 is 0 Å². The molecule has 1 aliphatic rings. The van der Waals surface area contributed by atoms with E-state index in [0.717, 1.165) is 32.7 Å². The molecule has 2 aromatic carbocycles. The molecule has 0 unspecified atom stereocenters. The number of aliphatic hydroxyl groups excluding tert-OH is 2. The Kier molecular flexibility index (Phi) is 8.45. The zero-order valence-corrected chi connectivity index (χ0v) is 16.5. The van der Waals surface area contributed by atoms with Crippen molar-refractivity contribution in [3.05, 3.63) is 71.8 Å². The van der Waals surface area contributed by atoms with E-state index < -0.39 is 6.10 Å². The molecule has 0 spiro atoms. The van der Waals surface area contributed by atoms with Crippen molar-refractivity contribution in [1.29, 1.82) is 0 Å². The highest BCUT2D eigenvalue weighted by molar-refractivity contribution is 5.32. The van der Waals surface area contributed by atoms with Crippen molar-refractivity contribution in [3.8, 4) is 0 Å². The largest absolute Gasteiger partial charge is 0.395 e. The molecule has 152 valence electrons. The van der Waals surface area contributed by atoms with Crippen molar-refractivity contribution in [1.82, 2.24) is 9.80 Å². The molecule has 5 heteroatoms. The van der Waals surface area contributed by atoms with Crippen molar-refractivity contribution in [2.75, 3.05) is 59.1 Å². The first kappa shape index (κ1) is 21.0. The second-order valence-corrected chi connectivity index (χ2v) is 7.43. The highest BCUT2D eigenvalue weighted by Gasteiger charge is 2.20. The van der Waals surface area contributed by atoms with Crippen LogP contribution in [0.15, 0.2) is 60.7 Å². The molecule has 0 aromatic heterocycles. The zero-order valence-electron chi connectivity index (χ0n) is 16.5. The summed E-state index contributed by atoms with van der Waals surface area (Å²) in [6, 6.07) is 20.8. The van der Waals surface area contributed by atoms with Gasteiger partial charge in [0.2, 0.25) is 0 Å². The van der Waals surface area contributed by atoms with Crippen LogP contribution in [0.1, 0.15) is 17.0 Å². The number of ether oxygens (including phenoxy) is 1. The summed E-state index contributed by atoms with van der Waals surface area (Å²) in [6.07, 6.45) is -0.489. The third-order valence-corrected chi connectivity index (χ3v) is 5.35. The first-order valence-electron chi connectivity index (χ1n) is 10.2. The van der Waals surface area contributed by atoms with Gasteiger partial charge in [-0.25, -0.2) is 0 Å². The topological polar surface area (TPSA) is 56.2 Å². The van der Waals surface area contributed by atoms with Gasteiger partial charge in [0.15, 0.2) is 0 Å². The van der Waals surface area contributed by atoms with Crippen LogP contribution in [-0.2, 0) is 4.74 Å². The van der Waals surface area contributed by atoms with Gasteiger partial charge in [0, 0.05) is 45.2 Å². The van der Waals surface area contributed by atoms with Crippen molar-refractivity contribution in [2.24, 2.45) is 0 Å². The van der Waals surface area contributed by atoms with Gasteiger partial charge in [-0.3, -0.25) is 9.80 Å². The summed E-state index contributed by atoms with van der Waals surface area (Å²) < 4.78 is 5.95. The second-order valence-electron chi connectivity index (χ2n) is 7.43. The van der Waals surface area contributed by atoms with Gasteiger partial charge in [-0.2, -0.15) is 0 Å². The lowest BCUT2D eigenvalue weighted by atomic mass is 9.92. The van der Waals surface area contributed by atoms with E-state index in [1.54, 1.807) is 0 Å². The maximum Gasteiger partial charge on any atom is 0.0900 e. The van der Waals surface area contributed by atoms with Gasteiger partial charge < -0.3 is 14.9 Å². The number of piperazine rings is 1. The van der Waals surface area contributed by atoms with E-state index in [2.05, 4.69) is 58.3 Å². The summed E-state index contributed by atoms with van der Waals surface area (Å²) in [4.78, 5) is 4.53. The Morgan fingerprint density at radius 3 is 1.86 bits per heavy atom. The van der Waals surface area contributed by atoms with Gasteiger partial charge in [0.25, 0.3) is 0 Å². The molecule has 1 heterocycles. The fourth-order valence-corrected chi connectivity index (χ4v) is 3.77. The van der Waals surface area contributed by atoms with Crippen molar-refractivity contribution >= 4 is 0 Å². The molecule has 2 aromatic rings. The van der Waals surface area contributed by atoms with Gasteiger partial charge in [0.1, 0.15) is 0 Å². The Bertz CT molecular complexity index is 621. The van der Waals surface area contributed by atoms with E-state index in [1.165, 1.54) is 11.1 Å². The number of hydrogen-bond donors (Lipinski definition) is 2. The summed E-state index contributed by atoms with van der Waals surface area (Å²) in [6.45, 7) is 6.20. The van der Waals surface area contributed by atoms with Crippen LogP contribution in [0.4, 0.5) is 0 Å². The van der Waals surface area contributed by atoms with Crippen LogP contribution < -0.4 is 0 Å². The van der Waals surface area contributed by atoms with E-state index in [1.807, 2.05) is 12.1 Å². The lowest BCUT2D eigenvalue weighted by Gasteiger charge is -2.35. The second kappa shape index (κ2) is 11.3.